The van der Waals surface area contributed by atoms with Crippen molar-refractivity contribution in [1.82, 2.24) is 4.98 Å². The summed E-state index contributed by atoms with van der Waals surface area (Å²) in [5.74, 6) is -0.126. The van der Waals surface area contributed by atoms with Gasteiger partial charge in [-0.2, -0.15) is 0 Å². The molecular formula is C20H18N2O. The molecule has 0 saturated carbocycles. The third-order valence-corrected chi connectivity index (χ3v) is 3.86. The number of rotatable bonds is 3. The average molecular weight is 302 g/mol. The Bertz CT molecular complexity index is 909. The molecule has 3 aromatic rings. The number of carbonyl (C=O) groups is 1. The normalized spacial score (nSPS) is 11.2. The molecule has 0 saturated heterocycles. The molecule has 0 atom stereocenters. The van der Waals surface area contributed by atoms with Gasteiger partial charge in [-0.25, -0.2) is 0 Å². The Hall–Kier alpha value is -2.94. The molecule has 1 aromatic heterocycles. The van der Waals surface area contributed by atoms with E-state index in [4.69, 9.17) is 5.73 Å². The van der Waals surface area contributed by atoms with Crippen LogP contribution in [0.3, 0.4) is 0 Å². The summed E-state index contributed by atoms with van der Waals surface area (Å²) in [7, 11) is 0. The molecule has 3 heteroatoms. The lowest BCUT2D eigenvalue weighted by Crippen LogP contribution is -2.06. The van der Waals surface area contributed by atoms with Crippen molar-refractivity contribution in [2.75, 3.05) is 5.73 Å². The number of anilines is 1. The van der Waals surface area contributed by atoms with E-state index in [-0.39, 0.29) is 5.78 Å². The van der Waals surface area contributed by atoms with E-state index in [1.807, 2.05) is 62.4 Å². The zero-order valence-corrected chi connectivity index (χ0v) is 13.2. The Morgan fingerprint density at radius 1 is 1.04 bits per heavy atom. The van der Waals surface area contributed by atoms with Crippen molar-refractivity contribution in [3.63, 3.8) is 0 Å². The number of carbonyl (C=O) groups excluding carboxylic acids is 1. The van der Waals surface area contributed by atoms with Crippen LogP contribution in [0.4, 0.5) is 5.69 Å². The molecule has 0 spiro atoms. The van der Waals surface area contributed by atoms with Crippen LogP contribution in [0, 0.1) is 13.8 Å². The number of fused-ring (bicyclic) bond motifs is 1. The van der Waals surface area contributed by atoms with E-state index in [0.29, 0.717) is 16.9 Å². The molecule has 0 aliphatic rings. The summed E-state index contributed by atoms with van der Waals surface area (Å²) in [4.78, 5) is 17.1. The third-order valence-electron chi connectivity index (χ3n) is 3.86. The van der Waals surface area contributed by atoms with E-state index in [2.05, 4.69) is 4.98 Å². The SMILES string of the molecule is Cc1ccc(/C=C/C(=O)c2c(C)nc3ccccc3c2N)cc1. The predicted octanol–water partition coefficient (Wildman–Crippen LogP) is 4.33. The average Bonchev–Trinajstić information content (AvgIpc) is 2.54. The van der Waals surface area contributed by atoms with Crippen molar-refractivity contribution in [3.05, 3.63) is 77.0 Å². The first-order chi connectivity index (χ1) is 11.1. The van der Waals surface area contributed by atoms with Gasteiger partial charge >= 0.3 is 0 Å². The number of nitrogen functional groups attached to an aromatic ring is 1. The number of benzene rings is 2. The molecule has 0 amide bonds. The number of allylic oxidation sites excluding steroid dienone is 1. The Morgan fingerprint density at radius 3 is 2.48 bits per heavy atom. The maximum Gasteiger partial charge on any atom is 0.189 e. The van der Waals surface area contributed by atoms with E-state index in [1.54, 1.807) is 12.2 Å². The van der Waals surface area contributed by atoms with E-state index in [9.17, 15) is 4.79 Å². The fraction of sp³-hybridized carbons (Fsp3) is 0.100. The molecule has 0 bridgehead atoms. The van der Waals surface area contributed by atoms with Crippen LogP contribution in [0.15, 0.2) is 54.6 Å². The molecule has 23 heavy (non-hydrogen) atoms. The minimum absolute atomic E-state index is 0.126. The fourth-order valence-corrected chi connectivity index (χ4v) is 2.61. The fourth-order valence-electron chi connectivity index (χ4n) is 2.61. The van der Waals surface area contributed by atoms with Crippen LogP contribution in [0.25, 0.3) is 17.0 Å². The summed E-state index contributed by atoms with van der Waals surface area (Å²) >= 11 is 0. The predicted molar refractivity (Wildman–Crippen MR) is 95.4 cm³/mol. The number of aromatic nitrogens is 1. The van der Waals surface area contributed by atoms with Gasteiger partial charge in [-0.05, 0) is 31.6 Å². The summed E-state index contributed by atoms with van der Waals surface area (Å²) in [6.45, 7) is 3.85. The van der Waals surface area contributed by atoms with Gasteiger partial charge in [0.25, 0.3) is 0 Å². The Morgan fingerprint density at radius 2 is 1.74 bits per heavy atom. The standard InChI is InChI=1S/C20H18N2O/c1-13-7-9-15(10-8-13)11-12-18(23)19-14(2)22-17-6-4-3-5-16(17)20(19)21/h3-12H,1-2H3,(H2,21,22)/b12-11+. The number of hydrogen-bond donors (Lipinski definition) is 1. The first-order valence-corrected chi connectivity index (χ1v) is 7.50. The van der Waals surface area contributed by atoms with E-state index < -0.39 is 0 Å². The smallest absolute Gasteiger partial charge is 0.189 e. The summed E-state index contributed by atoms with van der Waals surface area (Å²) < 4.78 is 0. The summed E-state index contributed by atoms with van der Waals surface area (Å²) in [5.41, 5.74) is 10.8. The molecule has 2 aromatic carbocycles. The van der Waals surface area contributed by atoms with Gasteiger partial charge in [-0.15, -0.1) is 0 Å². The quantitative estimate of drug-likeness (QED) is 0.578. The van der Waals surface area contributed by atoms with Crippen LogP contribution >= 0.6 is 0 Å². The lowest BCUT2D eigenvalue weighted by atomic mass is 10.0. The second kappa shape index (κ2) is 6.05. The molecule has 1 heterocycles. The number of ketones is 1. The van der Waals surface area contributed by atoms with Crippen LogP contribution < -0.4 is 5.73 Å². The van der Waals surface area contributed by atoms with Crippen molar-refractivity contribution in [2.24, 2.45) is 0 Å². The Balaban J connectivity index is 1.99. The molecule has 114 valence electrons. The molecule has 3 nitrogen and oxygen atoms in total. The second-order valence-corrected chi connectivity index (χ2v) is 5.61. The Labute approximate surface area is 135 Å². The van der Waals surface area contributed by atoms with Gasteiger partial charge in [0.1, 0.15) is 0 Å². The van der Waals surface area contributed by atoms with Crippen molar-refractivity contribution in [1.29, 1.82) is 0 Å². The van der Waals surface area contributed by atoms with Gasteiger partial charge in [-0.3, -0.25) is 9.78 Å². The first-order valence-electron chi connectivity index (χ1n) is 7.50. The lowest BCUT2D eigenvalue weighted by molar-refractivity contribution is 0.104. The van der Waals surface area contributed by atoms with Gasteiger partial charge in [0.2, 0.25) is 0 Å². The minimum Gasteiger partial charge on any atom is -0.398 e. The molecule has 0 aliphatic carbocycles. The number of pyridine rings is 1. The third kappa shape index (κ3) is 2.99. The van der Waals surface area contributed by atoms with Gasteiger partial charge in [-0.1, -0.05) is 54.1 Å². The highest BCUT2D eigenvalue weighted by atomic mass is 16.1. The number of nitrogens with zero attached hydrogens (tertiary/aromatic N) is 1. The van der Waals surface area contributed by atoms with Crippen molar-refractivity contribution >= 4 is 28.4 Å². The lowest BCUT2D eigenvalue weighted by Gasteiger charge is -2.09. The van der Waals surface area contributed by atoms with Crippen LogP contribution in [0.5, 0.6) is 0 Å². The number of hydrogen-bond acceptors (Lipinski definition) is 3. The highest BCUT2D eigenvalue weighted by Crippen LogP contribution is 2.26. The maximum absolute atomic E-state index is 12.6. The van der Waals surface area contributed by atoms with Crippen LogP contribution in [0.2, 0.25) is 0 Å². The van der Waals surface area contributed by atoms with Gasteiger partial charge in [0.15, 0.2) is 5.78 Å². The van der Waals surface area contributed by atoms with Crippen molar-refractivity contribution < 1.29 is 4.79 Å². The molecule has 2 N–H and O–H groups in total. The van der Waals surface area contributed by atoms with Gasteiger partial charge in [0, 0.05) is 5.39 Å². The summed E-state index contributed by atoms with van der Waals surface area (Å²) in [5, 5.41) is 0.810. The number of aryl methyl sites for hydroxylation is 2. The molecular weight excluding hydrogens is 284 g/mol. The van der Waals surface area contributed by atoms with Crippen molar-refractivity contribution in [3.8, 4) is 0 Å². The minimum atomic E-state index is -0.126. The monoisotopic (exact) mass is 302 g/mol. The van der Waals surface area contributed by atoms with Crippen LogP contribution in [0.1, 0.15) is 27.2 Å². The van der Waals surface area contributed by atoms with Crippen LogP contribution in [-0.2, 0) is 0 Å². The number of para-hydroxylation sites is 1. The molecule has 3 rings (SSSR count). The first kappa shape index (κ1) is 15.0. The van der Waals surface area contributed by atoms with E-state index in [0.717, 1.165) is 16.5 Å². The van der Waals surface area contributed by atoms with Gasteiger partial charge < -0.3 is 5.73 Å². The molecule has 0 unspecified atom stereocenters. The molecule has 0 aliphatic heterocycles. The Kier molecular flexibility index (Phi) is 3.94. The number of nitrogens with two attached hydrogens (primary N) is 1. The zero-order valence-electron chi connectivity index (χ0n) is 13.2. The molecule has 0 fully saturated rings. The van der Waals surface area contributed by atoms with Gasteiger partial charge in [0.05, 0.1) is 22.5 Å². The summed E-state index contributed by atoms with van der Waals surface area (Å²) in [6, 6.07) is 15.6. The molecule has 0 radical (unpaired) electrons. The zero-order chi connectivity index (χ0) is 16.4. The highest BCUT2D eigenvalue weighted by Gasteiger charge is 2.14. The largest absolute Gasteiger partial charge is 0.398 e. The highest BCUT2D eigenvalue weighted by molar-refractivity contribution is 6.14. The van der Waals surface area contributed by atoms with Crippen LogP contribution in [-0.4, -0.2) is 10.8 Å². The topological polar surface area (TPSA) is 56.0 Å². The maximum atomic E-state index is 12.6. The van der Waals surface area contributed by atoms with E-state index >= 15 is 0 Å². The second-order valence-electron chi connectivity index (χ2n) is 5.61. The summed E-state index contributed by atoms with van der Waals surface area (Å²) in [6.07, 6.45) is 3.36. The van der Waals surface area contributed by atoms with E-state index in [1.165, 1.54) is 5.56 Å². The van der Waals surface area contributed by atoms with Crippen molar-refractivity contribution in [2.45, 2.75) is 13.8 Å².